The van der Waals surface area contributed by atoms with Gasteiger partial charge in [-0.05, 0) is 26.0 Å². The Bertz CT molecular complexity index is 674. The molecule has 1 aromatic rings. The molecule has 1 fully saturated rings. The molecule has 0 bridgehead atoms. The molecule has 9 heteroatoms. The zero-order valence-corrected chi connectivity index (χ0v) is 13.7. The molecule has 5 nitrogen and oxygen atoms in total. The van der Waals surface area contributed by atoms with Crippen molar-refractivity contribution in [2.75, 3.05) is 32.8 Å². The first-order chi connectivity index (χ1) is 10.6. The van der Waals surface area contributed by atoms with E-state index in [1.54, 1.807) is 0 Å². The second-order valence-electron chi connectivity index (χ2n) is 5.91. The number of morpholine rings is 1. The summed E-state index contributed by atoms with van der Waals surface area (Å²) < 4.78 is 71.6. The molecule has 1 heterocycles. The molecule has 1 N–H and O–H groups in total. The van der Waals surface area contributed by atoms with E-state index in [2.05, 4.69) is 4.72 Å². The Morgan fingerprint density at radius 3 is 2.39 bits per heavy atom. The summed E-state index contributed by atoms with van der Waals surface area (Å²) in [7, 11) is -4.29. The highest BCUT2D eigenvalue weighted by molar-refractivity contribution is 7.89. The van der Waals surface area contributed by atoms with Crippen LogP contribution in [-0.2, 0) is 14.8 Å². The Labute approximate surface area is 133 Å². The molecule has 1 saturated heterocycles. The quantitative estimate of drug-likeness (QED) is 0.816. The second-order valence-corrected chi connectivity index (χ2v) is 7.65. The van der Waals surface area contributed by atoms with Crippen LogP contribution in [0.3, 0.4) is 0 Å². The van der Waals surface area contributed by atoms with Crippen molar-refractivity contribution in [1.82, 2.24) is 9.62 Å². The van der Waals surface area contributed by atoms with E-state index in [-0.39, 0.29) is 6.54 Å². The smallest absolute Gasteiger partial charge is 0.243 e. The van der Waals surface area contributed by atoms with E-state index in [0.29, 0.717) is 38.4 Å². The van der Waals surface area contributed by atoms with Crippen molar-refractivity contribution in [3.05, 3.63) is 29.6 Å². The van der Waals surface area contributed by atoms with Gasteiger partial charge in [-0.25, -0.2) is 26.3 Å². The lowest BCUT2D eigenvalue weighted by atomic mass is 10.0. The highest BCUT2D eigenvalue weighted by Crippen LogP contribution is 2.21. The Balaban J connectivity index is 2.14. The van der Waals surface area contributed by atoms with Crippen molar-refractivity contribution in [2.24, 2.45) is 0 Å². The summed E-state index contributed by atoms with van der Waals surface area (Å²) in [5.74, 6) is -4.96. The molecule has 130 valence electrons. The first-order valence-corrected chi connectivity index (χ1v) is 8.59. The Morgan fingerprint density at radius 1 is 1.17 bits per heavy atom. The van der Waals surface area contributed by atoms with Gasteiger partial charge in [-0.1, -0.05) is 0 Å². The number of hydrogen-bond acceptors (Lipinski definition) is 4. The molecular formula is C14H19F3N2O3S. The summed E-state index contributed by atoms with van der Waals surface area (Å²) >= 11 is 0. The second kappa shape index (κ2) is 6.76. The minimum atomic E-state index is -4.29. The number of benzene rings is 1. The van der Waals surface area contributed by atoms with Crippen LogP contribution in [0.4, 0.5) is 13.2 Å². The van der Waals surface area contributed by atoms with E-state index in [0.717, 1.165) is 0 Å². The predicted molar refractivity (Wildman–Crippen MR) is 78.0 cm³/mol. The van der Waals surface area contributed by atoms with Crippen LogP contribution in [0.5, 0.6) is 0 Å². The minimum absolute atomic E-state index is 0.00618. The number of nitrogens with one attached hydrogen (secondary N) is 1. The number of nitrogens with zero attached hydrogens (tertiary/aromatic N) is 1. The van der Waals surface area contributed by atoms with E-state index in [1.807, 2.05) is 18.7 Å². The van der Waals surface area contributed by atoms with Gasteiger partial charge in [0.05, 0.1) is 13.2 Å². The lowest BCUT2D eigenvalue weighted by molar-refractivity contribution is -0.00804. The van der Waals surface area contributed by atoms with Gasteiger partial charge in [0.2, 0.25) is 10.0 Å². The highest BCUT2D eigenvalue weighted by Gasteiger charge is 2.31. The average Bonchev–Trinajstić information content (AvgIpc) is 2.52. The third kappa shape index (κ3) is 4.03. The molecule has 0 atom stereocenters. The molecule has 0 saturated carbocycles. The van der Waals surface area contributed by atoms with Crippen LogP contribution in [-0.4, -0.2) is 51.7 Å². The normalized spacial score (nSPS) is 17.4. The maximum absolute atomic E-state index is 13.7. The fourth-order valence-electron chi connectivity index (χ4n) is 2.35. The van der Waals surface area contributed by atoms with Gasteiger partial charge in [0.15, 0.2) is 17.5 Å². The summed E-state index contributed by atoms with van der Waals surface area (Å²) in [6.07, 6.45) is 0. The van der Waals surface area contributed by atoms with Crippen molar-refractivity contribution in [3.8, 4) is 0 Å². The fourth-order valence-corrected chi connectivity index (χ4v) is 3.62. The SMILES string of the molecule is CC(C)(CNS(=O)(=O)c1ccc(F)c(F)c1F)N1CCOCC1. The van der Waals surface area contributed by atoms with Gasteiger partial charge in [-0.15, -0.1) is 0 Å². The van der Waals surface area contributed by atoms with Crippen molar-refractivity contribution in [3.63, 3.8) is 0 Å². The van der Waals surface area contributed by atoms with E-state index in [9.17, 15) is 21.6 Å². The molecule has 0 aromatic heterocycles. The Hall–Kier alpha value is -1.16. The molecule has 1 aromatic carbocycles. The molecule has 0 aliphatic carbocycles. The molecule has 0 unspecified atom stereocenters. The molecule has 0 radical (unpaired) electrons. The molecule has 1 aliphatic heterocycles. The van der Waals surface area contributed by atoms with E-state index in [4.69, 9.17) is 4.74 Å². The van der Waals surface area contributed by atoms with Crippen LogP contribution in [0, 0.1) is 17.5 Å². The van der Waals surface area contributed by atoms with Crippen LogP contribution in [0.25, 0.3) is 0 Å². The van der Waals surface area contributed by atoms with Crippen LogP contribution in [0.1, 0.15) is 13.8 Å². The van der Waals surface area contributed by atoms with Gasteiger partial charge in [0.25, 0.3) is 0 Å². The zero-order valence-electron chi connectivity index (χ0n) is 12.9. The zero-order chi connectivity index (χ0) is 17.3. The fraction of sp³-hybridized carbons (Fsp3) is 0.571. The van der Waals surface area contributed by atoms with Crippen LogP contribution in [0.15, 0.2) is 17.0 Å². The van der Waals surface area contributed by atoms with Crippen LogP contribution in [0.2, 0.25) is 0 Å². The number of rotatable bonds is 5. The lowest BCUT2D eigenvalue weighted by Gasteiger charge is -2.40. The third-order valence-electron chi connectivity index (χ3n) is 3.85. The summed E-state index contributed by atoms with van der Waals surface area (Å²) in [4.78, 5) is 1.13. The van der Waals surface area contributed by atoms with Crippen molar-refractivity contribution >= 4 is 10.0 Å². The topological polar surface area (TPSA) is 58.6 Å². The van der Waals surface area contributed by atoms with Crippen molar-refractivity contribution in [2.45, 2.75) is 24.3 Å². The molecule has 0 amide bonds. The molecule has 2 rings (SSSR count). The van der Waals surface area contributed by atoms with Gasteiger partial charge in [0, 0.05) is 25.2 Å². The lowest BCUT2D eigenvalue weighted by Crippen LogP contribution is -2.55. The Kier molecular flexibility index (Phi) is 5.34. The van der Waals surface area contributed by atoms with Gasteiger partial charge in [-0.2, -0.15) is 0 Å². The predicted octanol–water partition coefficient (Wildman–Crippen LogP) is 1.49. The molecule has 0 spiro atoms. The summed E-state index contributed by atoms with van der Waals surface area (Å²) in [5, 5.41) is 0. The highest BCUT2D eigenvalue weighted by atomic mass is 32.2. The summed E-state index contributed by atoms with van der Waals surface area (Å²) in [5.41, 5.74) is -0.536. The molecule has 23 heavy (non-hydrogen) atoms. The maximum Gasteiger partial charge on any atom is 0.243 e. The van der Waals surface area contributed by atoms with Crippen LogP contribution < -0.4 is 4.72 Å². The largest absolute Gasteiger partial charge is 0.379 e. The van der Waals surface area contributed by atoms with E-state index in [1.165, 1.54) is 0 Å². The summed E-state index contributed by atoms with van der Waals surface area (Å²) in [6.45, 7) is 6.06. The number of sulfonamides is 1. The number of hydrogen-bond donors (Lipinski definition) is 1. The molecular weight excluding hydrogens is 333 g/mol. The monoisotopic (exact) mass is 352 g/mol. The first-order valence-electron chi connectivity index (χ1n) is 7.11. The number of ether oxygens (including phenoxy) is 1. The molecule has 1 aliphatic rings. The van der Waals surface area contributed by atoms with E-state index < -0.39 is 37.9 Å². The van der Waals surface area contributed by atoms with Gasteiger partial charge < -0.3 is 4.74 Å². The van der Waals surface area contributed by atoms with Gasteiger partial charge in [0.1, 0.15) is 4.90 Å². The third-order valence-corrected chi connectivity index (χ3v) is 5.27. The van der Waals surface area contributed by atoms with Gasteiger partial charge in [-0.3, -0.25) is 4.90 Å². The van der Waals surface area contributed by atoms with E-state index >= 15 is 0 Å². The number of halogens is 3. The first kappa shape index (κ1) is 18.2. The maximum atomic E-state index is 13.7. The summed E-state index contributed by atoms with van der Waals surface area (Å²) in [6, 6.07) is 1.29. The average molecular weight is 352 g/mol. The standard InChI is InChI=1S/C14H19F3N2O3S/c1-14(2,19-5-7-22-8-6-19)9-18-23(20,21)11-4-3-10(15)12(16)13(11)17/h3-4,18H,5-9H2,1-2H3. The van der Waals surface area contributed by atoms with Crippen molar-refractivity contribution in [1.29, 1.82) is 0 Å². The van der Waals surface area contributed by atoms with Crippen LogP contribution >= 0.6 is 0 Å². The minimum Gasteiger partial charge on any atom is -0.379 e. The van der Waals surface area contributed by atoms with Crippen molar-refractivity contribution < 1.29 is 26.3 Å². The van der Waals surface area contributed by atoms with Gasteiger partial charge >= 0.3 is 0 Å². The Morgan fingerprint density at radius 2 is 1.78 bits per heavy atom.